The van der Waals surface area contributed by atoms with Crippen molar-refractivity contribution in [2.75, 3.05) is 39.3 Å². The van der Waals surface area contributed by atoms with Crippen LogP contribution >= 0.6 is 0 Å². The average Bonchev–Trinajstić information content (AvgIpc) is 3.98. The van der Waals surface area contributed by atoms with E-state index in [9.17, 15) is 14.7 Å². The molecule has 2 N–H and O–H groups in total. The summed E-state index contributed by atoms with van der Waals surface area (Å²) in [6.45, 7) is 9.22. The number of rotatable bonds is 17. The number of H-pyrrole nitrogens is 1. The number of imidazole rings is 1. The summed E-state index contributed by atoms with van der Waals surface area (Å²) in [7, 11) is 0. The molecule has 12 heteroatoms. The molecule has 2 aliphatic heterocycles. The van der Waals surface area contributed by atoms with Gasteiger partial charge in [-0.3, -0.25) is 14.4 Å². The Balaban J connectivity index is 0.000000172. The SMILES string of the molecule is O=C(O)N1CC[C@H](n2nnc3ccccc32)CC1CCCN(Cc1ccccc1)Cc1ccccc1.O=c1[nH]c2ccccc2n1C1CCN(CCN(Cc2ccccc2)Cc2ccccc2)CC1. The highest BCUT2D eigenvalue weighted by Gasteiger charge is 2.33. The molecule has 0 radical (unpaired) electrons. The molecular weight excluding hydrogens is 859 g/mol. The van der Waals surface area contributed by atoms with E-state index in [1.165, 1.54) is 22.3 Å². The van der Waals surface area contributed by atoms with Crippen LogP contribution in [0.2, 0.25) is 0 Å². The number of fused-ring (bicyclic) bond motifs is 2. The lowest BCUT2D eigenvalue weighted by Crippen LogP contribution is -2.46. The number of aromatic nitrogens is 5. The van der Waals surface area contributed by atoms with Crippen molar-refractivity contribution in [2.45, 2.75) is 82.8 Å². The first-order valence-corrected chi connectivity index (χ1v) is 24.7. The number of nitrogens with one attached hydrogen (secondary N) is 1. The number of likely N-dealkylation sites (tertiary alicyclic amines) is 2. The van der Waals surface area contributed by atoms with Gasteiger partial charge < -0.3 is 19.9 Å². The van der Waals surface area contributed by atoms with Crippen LogP contribution in [0, 0.1) is 0 Å². The fourth-order valence-corrected chi connectivity index (χ4v) is 10.4. The zero-order valence-electron chi connectivity index (χ0n) is 39.6. The minimum atomic E-state index is -0.827. The fraction of sp³-hybridized carbons (Fsp3) is 0.333. The van der Waals surface area contributed by atoms with E-state index in [1.54, 1.807) is 4.90 Å². The maximum Gasteiger partial charge on any atom is 0.407 e. The third kappa shape index (κ3) is 12.6. The van der Waals surface area contributed by atoms with E-state index >= 15 is 0 Å². The van der Waals surface area contributed by atoms with Crippen LogP contribution in [-0.4, -0.2) is 101 Å². The van der Waals surface area contributed by atoms with Crippen LogP contribution in [0.5, 0.6) is 0 Å². The molecule has 0 spiro atoms. The molecule has 1 amide bonds. The van der Waals surface area contributed by atoms with Crippen molar-refractivity contribution in [3.63, 3.8) is 0 Å². The van der Waals surface area contributed by atoms with Gasteiger partial charge in [0.25, 0.3) is 0 Å². The molecule has 0 saturated carbocycles. The Hall–Kier alpha value is -6.86. The second-order valence-corrected chi connectivity index (χ2v) is 18.7. The number of carbonyl (C=O) groups is 1. The standard InChI is InChI=1S/C29H33N5O2.C28H32N4O/c35-29(36)33-19-17-26(34-28-16-8-7-15-27(28)30-31-34)20-25(33)14-9-18-32(21-23-10-3-1-4-11-23)22-24-12-5-2-6-13-24;33-28-29-26-13-7-8-14-27(26)32(28)25-15-17-30(18-16-25)19-20-31(21-23-9-3-1-4-10-23)22-24-11-5-2-6-12-24/h1-8,10-13,15-16,25-26H,9,14,17-22H2,(H,35,36);1-14,25H,15-22H2,(H,29,33)/t25?,26-;/m0./s1. The van der Waals surface area contributed by atoms with E-state index < -0.39 is 6.09 Å². The van der Waals surface area contributed by atoms with Gasteiger partial charge in [-0.25, -0.2) is 14.3 Å². The van der Waals surface area contributed by atoms with E-state index in [0.29, 0.717) is 6.54 Å². The number of aromatic amines is 1. The molecular formula is C57H65N9O3. The van der Waals surface area contributed by atoms with Crippen molar-refractivity contribution in [1.82, 2.24) is 44.1 Å². The zero-order chi connectivity index (χ0) is 47.2. The largest absolute Gasteiger partial charge is 0.465 e. The Labute approximate surface area is 405 Å². The smallest absolute Gasteiger partial charge is 0.407 e. The Morgan fingerprint density at radius 2 is 1.09 bits per heavy atom. The van der Waals surface area contributed by atoms with Gasteiger partial charge in [0.2, 0.25) is 0 Å². The van der Waals surface area contributed by atoms with Crippen LogP contribution in [0.3, 0.4) is 0 Å². The molecule has 6 aromatic carbocycles. The number of hydrogen-bond acceptors (Lipinski definition) is 7. The van der Waals surface area contributed by atoms with Gasteiger partial charge in [0, 0.05) is 71.0 Å². The zero-order valence-corrected chi connectivity index (χ0v) is 39.6. The van der Waals surface area contributed by atoms with Crippen molar-refractivity contribution in [2.24, 2.45) is 0 Å². The number of nitrogens with zero attached hydrogens (tertiary/aromatic N) is 8. The Morgan fingerprint density at radius 3 is 1.65 bits per heavy atom. The molecule has 1 unspecified atom stereocenters. The van der Waals surface area contributed by atoms with Gasteiger partial charge in [-0.1, -0.05) is 151 Å². The second-order valence-electron chi connectivity index (χ2n) is 18.7. The summed E-state index contributed by atoms with van der Waals surface area (Å²) >= 11 is 0. The summed E-state index contributed by atoms with van der Waals surface area (Å²) in [6.07, 6.45) is 4.47. The monoisotopic (exact) mass is 924 g/mol. The summed E-state index contributed by atoms with van der Waals surface area (Å²) in [5.41, 5.74) is 9.16. The van der Waals surface area contributed by atoms with Crippen LogP contribution in [0.25, 0.3) is 22.1 Å². The third-order valence-electron chi connectivity index (χ3n) is 13.9. The highest BCUT2D eigenvalue weighted by molar-refractivity contribution is 5.75. The lowest BCUT2D eigenvalue weighted by Gasteiger charge is -2.38. The Morgan fingerprint density at radius 1 is 0.594 bits per heavy atom. The second kappa shape index (κ2) is 23.4. The first-order valence-electron chi connectivity index (χ1n) is 24.7. The van der Waals surface area contributed by atoms with Crippen LogP contribution in [0.1, 0.15) is 72.9 Å². The van der Waals surface area contributed by atoms with Gasteiger partial charge in [-0.05, 0) is 91.6 Å². The van der Waals surface area contributed by atoms with Crippen LogP contribution in [0.4, 0.5) is 4.79 Å². The molecule has 69 heavy (non-hydrogen) atoms. The first-order chi connectivity index (χ1) is 33.9. The van der Waals surface area contributed by atoms with Crippen molar-refractivity contribution in [1.29, 1.82) is 0 Å². The molecule has 4 heterocycles. The van der Waals surface area contributed by atoms with Gasteiger partial charge in [-0.2, -0.15) is 0 Å². The van der Waals surface area contributed by atoms with Gasteiger partial charge >= 0.3 is 11.8 Å². The predicted molar refractivity (Wildman–Crippen MR) is 275 cm³/mol. The maximum atomic E-state index is 12.6. The molecule has 2 atom stereocenters. The quantitative estimate of drug-likeness (QED) is 0.0927. The fourth-order valence-electron chi connectivity index (χ4n) is 10.4. The van der Waals surface area contributed by atoms with Crippen molar-refractivity contribution in [3.05, 3.63) is 203 Å². The Kier molecular flexibility index (Phi) is 16.0. The van der Waals surface area contributed by atoms with Crippen LogP contribution < -0.4 is 5.69 Å². The molecule has 2 fully saturated rings. The average molecular weight is 924 g/mol. The Bertz CT molecular complexity index is 2780. The molecule has 8 aromatic rings. The maximum absolute atomic E-state index is 12.6. The molecule has 2 aromatic heterocycles. The van der Waals surface area contributed by atoms with Gasteiger partial charge in [0.15, 0.2) is 0 Å². The van der Waals surface area contributed by atoms with Gasteiger partial charge in [0.05, 0.1) is 22.6 Å². The number of amides is 1. The topological polar surface area (TPSA) is 119 Å². The highest BCUT2D eigenvalue weighted by Crippen LogP contribution is 2.32. The van der Waals surface area contributed by atoms with Crippen LogP contribution in [0.15, 0.2) is 175 Å². The lowest BCUT2D eigenvalue weighted by atomic mass is 9.94. The number of carboxylic acid groups (broad SMARTS) is 1. The summed E-state index contributed by atoms with van der Waals surface area (Å²) in [5, 5.41) is 18.6. The summed E-state index contributed by atoms with van der Waals surface area (Å²) in [5.74, 6) is 0. The molecule has 0 bridgehead atoms. The number of piperidine rings is 2. The number of benzene rings is 6. The van der Waals surface area contributed by atoms with E-state index in [-0.39, 0.29) is 23.8 Å². The molecule has 2 aliphatic rings. The van der Waals surface area contributed by atoms with E-state index in [2.05, 4.69) is 139 Å². The van der Waals surface area contributed by atoms with E-state index in [4.69, 9.17) is 0 Å². The van der Waals surface area contributed by atoms with E-state index in [1.807, 2.05) is 69.9 Å². The molecule has 2 saturated heterocycles. The molecule has 0 aliphatic carbocycles. The minimum absolute atomic E-state index is 0.0200. The number of hydrogen-bond donors (Lipinski definition) is 2. The third-order valence-corrected chi connectivity index (χ3v) is 13.9. The highest BCUT2D eigenvalue weighted by atomic mass is 16.4. The molecule has 10 rings (SSSR count). The van der Waals surface area contributed by atoms with Crippen molar-refractivity contribution < 1.29 is 9.90 Å². The summed E-state index contributed by atoms with van der Waals surface area (Å²) in [4.78, 5) is 36.8. The van der Waals surface area contributed by atoms with E-state index in [0.717, 1.165) is 119 Å². The summed E-state index contributed by atoms with van der Waals surface area (Å²) in [6, 6.07) is 58.9. The van der Waals surface area contributed by atoms with Gasteiger partial charge in [0.1, 0.15) is 5.52 Å². The first kappa shape index (κ1) is 47.2. The van der Waals surface area contributed by atoms with Crippen molar-refractivity contribution >= 4 is 28.2 Å². The van der Waals surface area contributed by atoms with Crippen molar-refractivity contribution in [3.8, 4) is 0 Å². The predicted octanol–water partition coefficient (Wildman–Crippen LogP) is 10.3. The number of para-hydroxylation sites is 3. The molecule has 356 valence electrons. The normalized spacial score (nSPS) is 16.8. The van der Waals surface area contributed by atoms with Gasteiger partial charge in [-0.15, -0.1) is 5.10 Å². The molecule has 12 nitrogen and oxygen atoms in total. The minimum Gasteiger partial charge on any atom is -0.465 e. The van der Waals surface area contributed by atoms with Crippen LogP contribution in [-0.2, 0) is 26.2 Å². The summed E-state index contributed by atoms with van der Waals surface area (Å²) < 4.78 is 3.97. The lowest BCUT2D eigenvalue weighted by molar-refractivity contribution is 0.0834.